The van der Waals surface area contributed by atoms with E-state index >= 15 is 0 Å². The zero-order valence-electron chi connectivity index (χ0n) is 10.9. The van der Waals surface area contributed by atoms with Crippen LogP contribution in [0.2, 0.25) is 0 Å². The fourth-order valence-corrected chi connectivity index (χ4v) is 2.35. The van der Waals surface area contributed by atoms with Crippen LogP contribution in [0.3, 0.4) is 0 Å². The minimum Gasteiger partial charge on any atom is -0.464 e. The molecule has 108 valence electrons. The Labute approximate surface area is 124 Å². The molecule has 20 heavy (non-hydrogen) atoms. The Hall–Kier alpha value is -1.24. The minimum atomic E-state index is -0.618. The number of hydrogen-bond donors (Lipinski definition) is 2. The van der Waals surface area contributed by atoms with Crippen molar-refractivity contribution in [3.05, 3.63) is 57.5 Å². The largest absolute Gasteiger partial charge is 0.464 e. The van der Waals surface area contributed by atoms with Crippen molar-refractivity contribution in [2.45, 2.75) is 25.8 Å². The molecule has 1 heterocycles. The monoisotopic (exact) mass is 344 g/mol. The van der Waals surface area contributed by atoms with Gasteiger partial charge in [-0.25, -0.2) is 14.2 Å². The Morgan fingerprint density at radius 1 is 1.30 bits per heavy atom. The lowest BCUT2D eigenvalue weighted by atomic mass is 10.0. The van der Waals surface area contributed by atoms with Crippen LogP contribution in [0.15, 0.2) is 33.2 Å². The van der Waals surface area contributed by atoms with Gasteiger partial charge in [0.05, 0.1) is 10.5 Å². The predicted octanol–water partition coefficient (Wildman–Crippen LogP) is 3.63. The highest BCUT2D eigenvalue weighted by Gasteiger charge is 2.20. The molecule has 0 saturated heterocycles. The molecule has 1 atom stereocenters. The lowest BCUT2D eigenvalue weighted by Crippen LogP contribution is -2.29. The summed E-state index contributed by atoms with van der Waals surface area (Å²) in [6.07, 6.45) is 0.807. The van der Waals surface area contributed by atoms with Crippen LogP contribution in [0.4, 0.5) is 8.78 Å². The lowest BCUT2D eigenvalue weighted by Gasteiger charge is -2.15. The molecule has 0 saturated carbocycles. The smallest absolute Gasteiger partial charge is 0.143 e. The van der Waals surface area contributed by atoms with E-state index in [1.54, 1.807) is 6.07 Å². The van der Waals surface area contributed by atoms with E-state index in [-0.39, 0.29) is 16.5 Å². The topological polar surface area (TPSA) is 51.2 Å². The number of halogens is 3. The summed E-state index contributed by atoms with van der Waals surface area (Å²) in [5, 5.41) is 0. The summed E-state index contributed by atoms with van der Waals surface area (Å²) in [5.41, 5.74) is 2.51. The molecule has 1 unspecified atom stereocenters. The van der Waals surface area contributed by atoms with Crippen molar-refractivity contribution in [1.29, 1.82) is 0 Å². The molecule has 2 aromatic rings. The van der Waals surface area contributed by atoms with Gasteiger partial charge in [0.2, 0.25) is 0 Å². The summed E-state index contributed by atoms with van der Waals surface area (Å²) >= 11 is 3.05. The van der Waals surface area contributed by atoms with Gasteiger partial charge in [0.25, 0.3) is 0 Å². The van der Waals surface area contributed by atoms with Crippen LogP contribution in [0.25, 0.3) is 0 Å². The maximum Gasteiger partial charge on any atom is 0.143 e. The van der Waals surface area contributed by atoms with Gasteiger partial charge in [-0.15, -0.1) is 0 Å². The summed E-state index contributed by atoms with van der Waals surface area (Å²) < 4.78 is 33.5. The molecule has 6 heteroatoms. The Balaban J connectivity index is 2.29. The Morgan fingerprint density at radius 2 is 2.05 bits per heavy atom. The van der Waals surface area contributed by atoms with Gasteiger partial charge in [-0.3, -0.25) is 5.84 Å². The number of nitrogens with two attached hydrogens (primary N) is 1. The molecule has 2 rings (SSSR count). The van der Waals surface area contributed by atoms with E-state index in [9.17, 15) is 8.78 Å². The third-order valence-corrected chi connectivity index (χ3v) is 3.74. The number of benzene rings is 1. The average molecular weight is 345 g/mol. The van der Waals surface area contributed by atoms with Crippen molar-refractivity contribution in [3.63, 3.8) is 0 Å². The number of rotatable bonds is 5. The van der Waals surface area contributed by atoms with Gasteiger partial charge in [0.1, 0.15) is 23.2 Å². The molecule has 1 aromatic heterocycles. The first kappa shape index (κ1) is 15.2. The van der Waals surface area contributed by atoms with Crippen LogP contribution in [0.1, 0.15) is 30.0 Å². The second-order valence-corrected chi connectivity index (χ2v) is 5.26. The highest BCUT2D eigenvalue weighted by Crippen LogP contribution is 2.27. The van der Waals surface area contributed by atoms with Crippen molar-refractivity contribution in [1.82, 2.24) is 5.43 Å². The third-order valence-electron chi connectivity index (χ3n) is 3.12. The summed E-state index contributed by atoms with van der Waals surface area (Å²) in [6, 6.07) is 5.65. The normalized spacial score (nSPS) is 12.7. The van der Waals surface area contributed by atoms with Crippen LogP contribution in [0.5, 0.6) is 0 Å². The number of furan rings is 1. The van der Waals surface area contributed by atoms with Gasteiger partial charge in [-0.2, -0.15) is 0 Å². The van der Waals surface area contributed by atoms with E-state index < -0.39 is 17.7 Å². The minimum absolute atomic E-state index is 0.0308. The van der Waals surface area contributed by atoms with Gasteiger partial charge in [0, 0.05) is 18.4 Å². The number of hydrogen-bond acceptors (Lipinski definition) is 3. The van der Waals surface area contributed by atoms with Crippen molar-refractivity contribution in [3.8, 4) is 0 Å². The Bertz CT molecular complexity index is 601. The predicted molar refractivity (Wildman–Crippen MR) is 75.9 cm³/mol. The molecule has 0 spiro atoms. The van der Waals surface area contributed by atoms with E-state index in [1.807, 2.05) is 13.0 Å². The van der Waals surface area contributed by atoms with Crippen molar-refractivity contribution in [2.75, 3.05) is 0 Å². The average Bonchev–Trinajstić information content (AvgIpc) is 2.92. The number of nitrogens with one attached hydrogen (secondary N) is 1. The molecule has 0 radical (unpaired) electrons. The summed E-state index contributed by atoms with van der Waals surface area (Å²) in [5.74, 6) is 5.61. The quantitative estimate of drug-likeness (QED) is 0.494. The van der Waals surface area contributed by atoms with Gasteiger partial charge in [-0.05, 0) is 40.2 Å². The molecule has 3 N–H and O–H groups in total. The highest BCUT2D eigenvalue weighted by atomic mass is 79.9. The third kappa shape index (κ3) is 3.08. The summed E-state index contributed by atoms with van der Waals surface area (Å²) in [4.78, 5) is 0. The first-order chi connectivity index (χ1) is 9.56. The molecule has 0 aliphatic carbocycles. The van der Waals surface area contributed by atoms with Gasteiger partial charge >= 0.3 is 0 Å². The molecule has 1 aromatic carbocycles. The van der Waals surface area contributed by atoms with Crippen LogP contribution >= 0.6 is 15.9 Å². The van der Waals surface area contributed by atoms with Gasteiger partial charge < -0.3 is 4.42 Å². The molecule has 0 aliphatic heterocycles. The Morgan fingerprint density at radius 3 is 2.65 bits per heavy atom. The molecule has 3 nitrogen and oxygen atoms in total. The van der Waals surface area contributed by atoms with Crippen LogP contribution in [-0.2, 0) is 12.8 Å². The van der Waals surface area contributed by atoms with Crippen LogP contribution in [0, 0.1) is 11.6 Å². The Kier molecular flexibility index (Phi) is 4.91. The summed E-state index contributed by atoms with van der Waals surface area (Å²) in [7, 11) is 0. The summed E-state index contributed by atoms with van der Waals surface area (Å²) in [6.45, 7) is 1.96. The van der Waals surface area contributed by atoms with E-state index in [1.165, 1.54) is 12.1 Å². The molecular formula is C14H15BrF2N2O. The van der Waals surface area contributed by atoms with Crippen LogP contribution in [-0.4, -0.2) is 0 Å². The molecule has 0 fully saturated rings. The van der Waals surface area contributed by atoms with Crippen molar-refractivity contribution >= 4 is 15.9 Å². The van der Waals surface area contributed by atoms with E-state index in [0.29, 0.717) is 5.76 Å². The van der Waals surface area contributed by atoms with E-state index in [4.69, 9.17) is 10.3 Å². The fraction of sp³-hybridized carbons (Fsp3) is 0.286. The second kappa shape index (κ2) is 6.47. The SMILES string of the molecule is CCc1ccc(C(Cc2c(F)ccc(Br)c2F)NN)o1. The molecule has 0 amide bonds. The number of hydrazine groups is 1. The zero-order valence-corrected chi connectivity index (χ0v) is 12.5. The van der Waals surface area contributed by atoms with E-state index in [2.05, 4.69) is 21.4 Å². The van der Waals surface area contributed by atoms with Gasteiger partial charge in [0.15, 0.2) is 0 Å². The van der Waals surface area contributed by atoms with Crippen molar-refractivity contribution < 1.29 is 13.2 Å². The second-order valence-electron chi connectivity index (χ2n) is 4.40. The molecule has 0 bridgehead atoms. The zero-order chi connectivity index (χ0) is 14.7. The fourth-order valence-electron chi connectivity index (χ4n) is 1.97. The van der Waals surface area contributed by atoms with Crippen LogP contribution < -0.4 is 11.3 Å². The maximum absolute atomic E-state index is 14.0. The van der Waals surface area contributed by atoms with E-state index in [0.717, 1.165) is 12.2 Å². The number of aryl methyl sites for hydroxylation is 1. The molecule has 0 aliphatic rings. The highest BCUT2D eigenvalue weighted by molar-refractivity contribution is 9.10. The maximum atomic E-state index is 14.0. The first-order valence-corrected chi connectivity index (χ1v) is 7.03. The van der Waals surface area contributed by atoms with Crippen molar-refractivity contribution in [2.24, 2.45) is 5.84 Å². The van der Waals surface area contributed by atoms with Gasteiger partial charge in [-0.1, -0.05) is 6.92 Å². The molecular weight excluding hydrogens is 330 g/mol. The standard InChI is InChI=1S/C14H15BrF2N2O/c1-2-8-3-6-13(20-8)12(19-18)7-9-11(16)5-4-10(15)14(9)17/h3-6,12,19H,2,7,18H2,1H3. The first-order valence-electron chi connectivity index (χ1n) is 6.24. The lowest BCUT2D eigenvalue weighted by molar-refractivity contribution is 0.389.